The SMILES string of the molecule is CN(C)CCCNc1ccc(NS(=O)(=O)c2cccc(Cl)c2)cc1. The Kier molecular flexibility index (Phi) is 6.48. The minimum Gasteiger partial charge on any atom is -0.385 e. The van der Waals surface area contributed by atoms with Crippen LogP contribution in [0, 0.1) is 0 Å². The monoisotopic (exact) mass is 367 g/mol. The van der Waals surface area contributed by atoms with Crippen LogP contribution in [-0.4, -0.2) is 40.5 Å². The van der Waals surface area contributed by atoms with Gasteiger partial charge in [-0.3, -0.25) is 4.72 Å². The quantitative estimate of drug-likeness (QED) is 0.701. The zero-order valence-electron chi connectivity index (χ0n) is 13.8. The average molecular weight is 368 g/mol. The van der Waals surface area contributed by atoms with Gasteiger partial charge in [0.15, 0.2) is 0 Å². The van der Waals surface area contributed by atoms with Gasteiger partial charge in [0, 0.05) is 22.9 Å². The van der Waals surface area contributed by atoms with Gasteiger partial charge in [-0.25, -0.2) is 8.42 Å². The van der Waals surface area contributed by atoms with Crippen LogP contribution >= 0.6 is 11.6 Å². The molecule has 130 valence electrons. The summed E-state index contributed by atoms with van der Waals surface area (Å²) in [5.74, 6) is 0. The van der Waals surface area contributed by atoms with Gasteiger partial charge in [-0.05, 0) is 69.5 Å². The fourth-order valence-corrected chi connectivity index (χ4v) is 3.49. The molecule has 0 amide bonds. The van der Waals surface area contributed by atoms with E-state index in [1.165, 1.54) is 12.1 Å². The maximum atomic E-state index is 12.3. The third-order valence-electron chi connectivity index (χ3n) is 3.35. The molecule has 0 aliphatic carbocycles. The molecule has 5 nitrogen and oxygen atoms in total. The first kappa shape index (κ1) is 18.6. The number of hydrogen-bond acceptors (Lipinski definition) is 4. The normalized spacial score (nSPS) is 11.5. The molecule has 7 heteroatoms. The molecule has 24 heavy (non-hydrogen) atoms. The minimum absolute atomic E-state index is 0.140. The molecule has 0 unspecified atom stereocenters. The summed E-state index contributed by atoms with van der Waals surface area (Å²) in [6.07, 6.45) is 1.04. The first-order valence-electron chi connectivity index (χ1n) is 7.64. The summed E-state index contributed by atoms with van der Waals surface area (Å²) in [5.41, 5.74) is 1.47. The van der Waals surface area contributed by atoms with E-state index in [-0.39, 0.29) is 4.90 Å². The maximum Gasteiger partial charge on any atom is 0.261 e. The Morgan fingerprint density at radius 2 is 1.71 bits per heavy atom. The maximum absolute atomic E-state index is 12.3. The zero-order valence-corrected chi connectivity index (χ0v) is 15.4. The number of rotatable bonds is 8. The minimum atomic E-state index is -3.64. The van der Waals surface area contributed by atoms with Gasteiger partial charge in [0.2, 0.25) is 0 Å². The predicted molar refractivity (Wildman–Crippen MR) is 100 cm³/mol. The second-order valence-electron chi connectivity index (χ2n) is 5.72. The van der Waals surface area contributed by atoms with Crippen LogP contribution in [0.2, 0.25) is 5.02 Å². The molecular weight excluding hydrogens is 346 g/mol. The Labute approximate surface area is 148 Å². The predicted octanol–water partition coefficient (Wildman–Crippen LogP) is 3.50. The third-order valence-corrected chi connectivity index (χ3v) is 4.97. The highest BCUT2D eigenvalue weighted by Crippen LogP contribution is 2.20. The van der Waals surface area contributed by atoms with Gasteiger partial charge in [0.1, 0.15) is 0 Å². The van der Waals surface area contributed by atoms with Crippen LogP contribution in [0.4, 0.5) is 11.4 Å². The molecule has 0 bridgehead atoms. The Balaban J connectivity index is 1.96. The largest absolute Gasteiger partial charge is 0.385 e. The highest BCUT2D eigenvalue weighted by Gasteiger charge is 2.14. The van der Waals surface area contributed by atoms with E-state index in [0.717, 1.165) is 25.2 Å². The molecule has 0 heterocycles. The number of nitrogens with one attached hydrogen (secondary N) is 2. The van der Waals surface area contributed by atoms with Crippen molar-refractivity contribution in [2.24, 2.45) is 0 Å². The highest BCUT2D eigenvalue weighted by molar-refractivity contribution is 7.92. The van der Waals surface area contributed by atoms with Crippen molar-refractivity contribution >= 4 is 33.0 Å². The van der Waals surface area contributed by atoms with E-state index in [1.807, 2.05) is 26.2 Å². The first-order chi connectivity index (χ1) is 11.4. The molecule has 0 atom stereocenters. The van der Waals surface area contributed by atoms with Crippen molar-refractivity contribution < 1.29 is 8.42 Å². The highest BCUT2D eigenvalue weighted by atomic mass is 35.5. The Morgan fingerprint density at radius 3 is 2.33 bits per heavy atom. The molecule has 2 N–H and O–H groups in total. The van der Waals surface area contributed by atoms with Gasteiger partial charge < -0.3 is 10.2 Å². The summed E-state index contributed by atoms with van der Waals surface area (Å²) in [6, 6.07) is 13.3. The Hall–Kier alpha value is -1.76. The second-order valence-corrected chi connectivity index (χ2v) is 7.84. The molecule has 2 aromatic rings. The van der Waals surface area contributed by atoms with Crippen LogP contribution in [-0.2, 0) is 10.0 Å². The van der Waals surface area contributed by atoms with E-state index < -0.39 is 10.0 Å². The number of anilines is 2. The van der Waals surface area contributed by atoms with Gasteiger partial charge in [-0.2, -0.15) is 0 Å². The topological polar surface area (TPSA) is 61.4 Å². The third kappa shape index (κ3) is 5.70. The second kappa shape index (κ2) is 8.37. The number of halogens is 1. The fraction of sp³-hybridized carbons (Fsp3) is 0.294. The number of sulfonamides is 1. The van der Waals surface area contributed by atoms with Crippen LogP contribution in [0.5, 0.6) is 0 Å². The summed E-state index contributed by atoms with van der Waals surface area (Å²) in [7, 11) is 0.445. The Morgan fingerprint density at radius 1 is 1.04 bits per heavy atom. The van der Waals surface area contributed by atoms with Crippen molar-refractivity contribution in [3.05, 3.63) is 53.6 Å². The molecule has 0 saturated heterocycles. The molecule has 0 aromatic heterocycles. The van der Waals surface area contributed by atoms with Crippen LogP contribution in [0.25, 0.3) is 0 Å². The van der Waals surface area contributed by atoms with Crippen LogP contribution < -0.4 is 10.0 Å². The molecule has 0 saturated carbocycles. The number of benzene rings is 2. The number of nitrogens with zero attached hydrogens (tertiary/aromatic N) is 1. The zero-order chi connectivity index (χ0) is 17.6. The van der Waals surface area contributed by atoms with Gasteiger partial charge >= 0.3 is 0 Å². The van der Waals surface area contributed by atoms with Crippen LogP contribution in [0.3, 0.4) is 0 Å². The van der Waals surface area contributed by atoms with E-state index >= 15 is 0 Å². The van der Waals surface area contributed by atoms with Crippen molar-refractivity contribution in [1.82, 2.24) is 4.90 Å². The van der Waals surface area contributed by atoms with Gasteiger partial charge in [0.05, 0.1) is 4.90 Å². The lowest BCUT2D eigenvalue weighted by Gasteiger charge is -2.12. The molecule has 0 aliphatic rings. The van der Waals surface area contributed by atoms with Crippen molar-refractivity contribution in [2.75, 3.05) is 37.2 Å². The molecule has 0 radical (unpaired) electrons. The molecular formula is C17H22ClN3O2S. The lowest BCUT2D eigenvalue weighted by atomic mass is 10.3. The Bertz CT molecular complexity index is 762. The van der Waals surface area contributed by atoms with Gasteiger partial charge in [-0.15, -0.1) is 0 Å². The van der Waals surface area contributed by atoms with E-state index in [9.17, 15) is 8.42 Å². The smallest absolute Gasteiger partial charge is 0.261 e. The van der Waals surface area contributed by atoms with Crippen LogP contribution in [0.15, 0.2) is 53.4 Å². The standard InChI is InChI=1S/C17H22ClN3O2S/c1-21(2)12-4-11-19-15-7-9-16(10-8-15)20-24(22,23)17-6-3-5-14(18)13-17/h3,5-10,13,19-20H,4,11-12H2,1-2H3. The fourth-order valence-electron chi connectivity index (χ4n) is 2.13. The van der Waals surface area contributed by atoms with Crippen molar-refractivity contribution in [1.29, 1.82) is 0 Å². The molecule has 2 rings (SSSR count). The molecule has 2 aromatic carbocycles. The average Bonchev–Trinajstić information content (AvgIpc) is 2.52. The van der Waals surface area contributed by atoms with E-state index in [4.69, 9.17) is 11.6 Å². The molecule has 0 spiro atoms. The van der Waals surface area contributed by atoms with Crippen molar-refractivity contribution in [3.63, 3.8) is 0 Å². The van der Waals surface area contributed by atoms with Crippen molar-refractivity contribution in [2.45, 2.75) is 11.3 Å². The molecule has 0 fully saturated rings. The lowest BCUT2D eigenvalue weighted by Crippen LogP contribution is -2.16. The van der Waals surface area contributed by atoms with E-state index in [1.54, 1.807) is 24.3 Å². The summed E-state index contributed by atoms with van der Waals surface area (Å²) >= 11 is 5.85. The summed E-state index contributed by atoms with van der Waals surface area (Å²) in [6.45, 7) is 1.89. The summed E-state index contributed by atoms with van der Waals surface area (Å²) in [5, 5.41) is 3.69. The lowest BCUT2D eigenvalue weighted by molar-refractivity contribution is 0.405. The number of hydrogen-bond donors (Lipinski definition) is 2. The van der Waals surface area contributed by atoms with Crippen molar-refractivity contribution in [3.8, 4) is 0 Å². The summed E-state index contributed by atoms with van der Waals surface area (Å²) in [4.78, 5) is 2.27. The van der Waals surface area contributed by atoms with Gasteiger partial charge in [0.25, 0.3) is 10.0 Å². The molecule has 0 aliphatic heterocycles. The van der Waals surface area contributed by atoms with E-state index in [2.05, 4.69) is 14.9 Å². The van der Waals surface area contributed by atoms with E-state index in [0.29, 0.717) is 10.7 Å². The first-order valence-corrected chi connectivity index (χ1v) is 9.50. The van der Waals surface area contributed by atoms with Gasteiger partial charge in [-0.1, -0.05) is 17.7 Å². The summed E-state index contributed by atoms with van der Waals surface area (Å²) < 4.78 is 27.2. The van der Waals surface area contributed by atoms with Crippen LogP contribution in [0.1, 0.15) is 6.42 Å².